The van der Waals surface area contributed by atoms with Gasteiger partial charge in [-0.2, -0.15) is 5.10 Å². The van der Waals surface area contributed by atoms with Gasteiger partial charge in [0.1, 0.15) is 23.4 Å². The van der Waals surface area contributed by atoms with Crippen LogP contribution < -0.4 is 26.0 Å². The van der Waals surface area contributed by atoms with Crippen LogP contribution in [0, 0.1) is 11.3 Å². The number of amidine groups is 1. The highest BCUT2D eigenvalue weighted by molar-refractivity contribution is 6.05. The molecule has 6 rings (SSSR count). The van der Waals surface area contributed by atoms with Gasteiger partial charge >= 0.3 is 6.03 Å². The second-order valence-electron chi connectivity index (χ2n) is 13.6. The van der Waals surface area contributed by atoms with Gasteiger partial charge in [-0.15, -0.1) is 10.2 Å². The molecule has 1 saturated heterocycles. The number of piperidine rings is 1. The van der Waals surface area contributed by atoms with Crippen LogP contribution in [-0.4, -0.2) is 49.3 Å². The minimum atomic E-state index is -0.363. The predicted octanol–water partition coefficient (Wildman–Crippen LogP) is 5.96. The second kappa shape index (κ2) is 13.5. The molecule has 1 aromatic carbocycles. The Bertz CT molecular complexity index is 1770. The van der Waals surface area contributed by atoms with E-state index < -0.39 is 0 Å². The quantitative estimate of drug-likeness (QED) is 0.168. The molecule has 47 heavy (non-hydrogen) atoms. The lowest BCUT2D eigenvalue weighted by Gasteiger charge is -2.32. The summed E-state index contributed by atoms with van der Waals surface area (Å²) in [5.74, 6) is 2.74. The third-order valence-corrected chi connectivity index (χ3v) is 9.19. The number of aryl methyl sites for hydroxylation is 1. The van der Waals surface area contributed by atoms with Crippen molar-refractivity contribution in [3.05, 3.63) is 77.9 Å². The molecule has 12 nitrogen and oxygen atoms in total. The van der Waals surface area contributed by atoms with E-state index >= 15 is 0 Å². The summed E-state index contributed by atoms with van der Waals surface area (Å²) in [5.41, 5.74) is 10.2. The molecule has 2 amide bonds. The van der Waals surface area contributed by atoms with Gasteiger partial charge in [0.05, 0.1) is 24.6 Å². The molecule has 248 valence electrons. The molecule has 1 fully saturated rings. The maximum absolute atomic E-state index is 13.4. The molecule has 2 atom stereocenters. The lowest BCUT2D eigenvalue weighted by Crippen LogP contribution is -2.42. The highest BCUT2D eigenvalue weighted by Gasteiger charge is 2.30. The minimum absolute atomic E-state index is 0.165. The van der Waals surface area contributed by atoms with Gasteiger partial charge in [-0.05, 0) is 54.9 Å². The van der Waals surface area contributed by atoms with Crippen molar-refractivity contribution in [2.45, 2.75) is 71.9 Å². The highest BCUT2D eigenvalue weighted by atomic mass is 16.5. The van der Waals surface area contributed by atoms with E-state index in [0.717, 1.165) is 53.9 Å². The Morgan fingerprint density at radius 2 is 1.83 bits per heavy atom. The van der Waals surface area contributed by atoms with Gasteiger partial charge in [-0.3, -0.25) is 14.4 Å². The molecule has 4 heterocycles. The van der Waals surface area contributed by atoms with Crippen molar-refractivity contribution in [1.29, 1.82) is 0 Å². The summed E-state index contributed by atoms with van der Waals surface area (Å²) in [6, 6.07) is 11.5. The molecule has 0 bridgehead atoms. The summed E-state index contributed by atoms with van der Waals surface area (Å²) in [6.45, 7) is 10.3. The van der Waals surface area contributed by atoms with Gasteiger partial charge < -0.3 is 20.7 Å². The fraction of sp³-hybridized carbons (Fsp3) is 0.457. The number of aromatic nitrogens is 5. The number of amides is 2. The fourth-order valence-corrected chi connectivity index (χ4v) is 6.25. The molecule has 1 aliphatic heterocycles. The van der Waals surface area contributed by atoms with Gasteiger partial charge in [-0.1, -0.05) is 58.4 Å². The fourth-order valence-electron chi connectivity index (χ4n) is 6.25. The van der Waals surface area contributed by atoms with Crippen LogP contribution in [0.5, 0.6) is 5.75 Å². The van der Waals surface area contributed by atoms with E-state index in [1.807, 2.05) is 62.7 Å². The van der Waals surface area contributed by atoms with Crippen molar-refractivity contribution < 1.29 is 9.53 Å². The van der Waals surface area contributed by atoms with Crippen LogP contribution in [0.4, 0.5) is 16.4 Å². The zero-order chi connectivity index (χ0) is 33.1. The first kappa shape index (κ1) is 32.1. The Balaban J connectivity index is 1.17. The average Bonchev–Trinajstić information content (AvgIpc) is 3.67. The van der Waals surface area contributed by atoms with Gasteiger partial charge in [-0.25, -0.2) is 9.79 Å². The Morgan fingerprint density at radius 3 is 2.53 bits per heavy atom. The third kappa shape index (κ3) is 7.42. The van der Waals surface area contributed by atoms with Gasteiger partial charge in [0.2, 0.25) is 5.95 Å². The molecule has 2 aliphatic rings. The predicted molar refractivity (Wildman–Crippen MR) is 184 cm³/mol. The smallest absolute Gasteiger partial charge is 0.320 e. The first-order valence-corrected chi connectivity index (χ1v) is 16.5. The van der Waals surface area contributed by atoms with E-state index in [1.165, 1.54) is 19.3 Å². The Labute approximate surface area is 276 Å². The van der Waals surface area contributed by atoms with Gasteiger partial charge in [0, 0.05) is 37.3 Å². The zero-order valence-electron chi connectivity index (χ0n) is 28.0. The maximum atomic E-state index is 13.4. The topological polar surface area (TPSA) is 140 Å². The van der Waals surface area contributed by atoms with Gasteiger partial charge in [0.25, 0.3) is 0 Å². The lowest BCUT2D eigenvalue weighted by atomic mass is 9.85. The number of hydrogen-bond acceptors (Lipinski definition) is 8. The molecular weight excluding hydrogens is 592 g/mol. The van der Waals surface area contributed by atoms with Crippen LogP contribution in [0.2, 0.25) is 0 Å². The number of rotatable bonds is 7. The molecule has 12 heteroatoms. The summed E-state index contributed by atoms with van der Waals surface area (Å²) in [5, 5.41) is 19.2. The van der Waals surface area contributed by atoms with Crippen LogP contribution in [-0.2, 0) is 7.05 Å². The number of carbonyl (C=O) groups is 1. The second-order valence-corrected chi connectivity index (χ2v) is 13.6. The van der Waals surface area contributed by atoms with Crippen LogP contribution in [0.25, 0.3) is 5.65 Å². The summed E-state index contributed by atoms with van der Waals surface area (Å²) >= 11 is 0. The largest absolute Gasteiger partial charge is 0.484 e. The monoisotopic (exact) mass is 638 g/mol. The molecule has 0 saturated carbocycles. The van der Waals surface area contributed by atoms with E-state index in [2.05, 4.69) is 54.9 Å². The number of nitrogens with two attached hydrogens (primary N) is 1. The SMILES string of the molecule is CCC1CCN(c2nnc3ccc(O[C@@H]4CC[C@H](NC(=O)NC(C=C(N)C(C)(C)C)=Nc5cnn(C)c5)c5ccccc54)cn23)CC1. The van der Waals surface area contributed by atoms with Crippen molar-refractivity contribution in [3.63, 3.8) is 0 Å². The number of urea groups is 1. The molecule has 0 unspecified atom stereocenters. The normalized spacial score (nSPS) is 19.5. The number of aliphatic imine (C=N–C) groups is 1. The number of allylic oxidation sites excluding steroid dienone is 1. The third-order valence-electron chi connectivity index (χ3n) is 9.19. The number of carbonyl (C=O) groups excluding carboxylic acids is 1. The number of benzene rings is 1. The lowest BCUT2D eigenvalue weighted by molar-refractivity contribution is 0.171. The maximum Gasteiger partial charge on any atom is 0.320 e. The van der Waals surface area contributed by atoms with Gasteiger partial charge in [0.15, 0.2) is 5.65 Å². The zero-order valence-corrected chi connectivity index (χ0v) is 28.0. The molecule has 4 aromatic rings. The summed E-state index contributed by atoms with van der Waals surface area (Å²) in [6.07, 6.45) is 12.0. The van der Waals surface area contributed by atoms with Crippen LogP contribution in [0.1, 0.15) is 83.1 Å². The number of nitrogens with one attached hydrogen (secondary N) is 2. The first-order chi connectivity index (χ1) is 22.6. The molecule has 0 spiro atoms. The summed E-state index contributed by atoms with van der Waals surface area (Å²) in [4.78, 5) is 20.3. The number of fused-ring (bicyclic) bond motifs is 2. The van der Waals surface area contributed by atoms with Crippen LogP contribution >= 0.6 is 0 Å². The van der Waals surface area contributed by atoms with Crippen molar-refractivity contribution >= 4 is 29.1 Å². The van der Waals surface area contributed by atoms with E-state index in [4.69, 9.17) is 10.5 Å². The molecule has 1 aliphatic carbocycles. The molecule has 4 N–H and O–H groups in total. The Morgan fingerprint density at radius 1 is 1.06 bits per heavy atom. The van der Waals surface area contributed by atoms with E-state index in [9.17, 15) is 4.79 Å². The number of hydrogen-bond donors (Lipinski definition) is 3. The number of pyridine rings is 1. The van der Waals surface area contributed by atoms with Crippen LogP contribution in [0.3, 0.4) is 0 Å². The minimum Gasteiger partial charge on any atom is -0.484 e. The van der Waals surface area contributed by atoms with Crippen molar-refractivity contribution in [3.8, 4) is 5.75 Å². The first-order valence-electron chi connectivity index (χ1n) is 16.5. The standard InChI is InChI=1S/C35H46N10O2/c1-6-23-15-17-44(18-16-23)34-42-41-32-14-11-25(22-45(32)34)47-29-13-12-28(26-9-7-8-10-27(26)29)39-33(46)40-31(19-30(36)35(2,3)4)38-24-20-37-43(5)21-24/h7-11,14,19-23,28-29H,6,12-13,15-18,36H2,1-5H3,(H2,38,39,40,46)/t28-,29+/m0/s1. The van der Waals surface area contributed by atoms with Crippen molar-refractivity contribution in [2.24, 2.45) is 29.1 Å². The molecule has 0 radical (unpaired) electrons. The Kier molecular flexibility index (Phi) is 9.19. The Hall–Kier alpha value is -4.87. The van der Waals surface area contributed by atoms with Crippen molar-refractivity contribution in [1.82, 2.24) is 35.0 Å². The van der Waals surface area contributed by atoms with E-state index in [1.54, 1.807) is 23.2 Å². The van der Waals surface area contributed by atoms with Crippen LogP contribution in [0.15, 0.2) is 71.8 Å². The van der Waals surface area contributed by atoms with E-state index in [-0.39, 0.29) is 23.6 Å². The average molecular weight is 639 g/mol. The highest BCUT2D eigenvalue weighted by Crippen LogP contribution is 2.39. The summed E-state index contributed by atoms with van der Waals surface area (Å²) < 4.78 is 10.3. The van der Waals surface area contributed by atoms with Crippen molar-refractivity contribution in [2.75, 3.05) is 18.0 Å². The summed E-state index contributed by atoms with van der Waals surface area (Å²) in [7, 11) is 1.82. The molecular formula is C35H46N10O2. The van der Waals surface area contributed by atoms with E-state index in [0.29, 0.717) is 23.6 Å². The number of ether oxygens (including phenoxy) is 1. The molecule has 3 aromatic heterocycles. The number of anilines is 1. The number of nitrogens with zero attached hydrogens (tertiary/aromatic N) is 7.